The van der Waals surface area contributed by atoms with Crippen LogP contribution < -0.4 is 4.90 Å². The molecule has 0 bridgehead atoms. The minimum absolute atomic E-state index is 0.0362. The quantitative estimate of drug-likeness (QED) is 0.735. The number of benzene rings is 1. The zero-order valence-corrected chi connectivity index (χ0v) is 14.2. The molecule has 0 aromatic heterocycles. The van der Waals surface area contributed by atoms with Crippen molar-refractivity contribution in [2.45, 2.75) is 46.1 Å². The molecular weight excluding hydrogens is 274 g/mol. The smallest absolute Gasteiger partial charge is 0.253 e. The minimum Gasteiger partial charge on any atom is -0.372 e. The van der Waals surface area contributed by atoms with Crippen LogP contribution in [0.25, 0.3) is 0 Å². The fourth-order valence-corrected chi connectivity index (χ4v) is 2.31. The molecule has 1 unspecified atom stereocenters. The second-order valence-electron chi connectivity index (χ2n) is 5.61. The number of hydrogen-bond donors (Lipinski definition) is 0. The van der Waals surface area contributed by atoms with E-state index in [-0.39, 0.29) is 11.9 Å². The molecule has 1 amide bonds. The minimum atomic E-state index is -0.0751. The summed E-state index contributed by atoms with van der Waals surface area (Å²) in [6, 6.07) is 9.80. The Morgan fingerprint density at radius 3 is 2.41 bits per heavy atom. The van der Waals surface area contributed by atoms with Gasteiger partial charge in [0, 0.05) is 37.4 Å². The van der Waals surface area contributed by atoms with E-state index < -0.39 is 0 Å². The molecule has 4 heteroatoms. The number of hydrogen-bond acceptors (Lipinski definition) is 3. The van der Waals surface area contributed by atoms with E-state index in [1.165, 1.54) is 12.8 Å². The third-order valence-electron chi connectivity index (χ3n) is 4.01. The molecule has 0 aliphatic rings. The molecule has 0 radical (unpaired) electrons. The maximum atomic E-state index is 12.4. The van der Waals surface area contributed by atoms with Gasteiger partial charge in [0.1, 0.15) is 0 Å². The van der Waals surface area contributed by atoms with E-state index >= 15 is 0 Å². The van der Waals surface area contributed by atoms with Gasteiger partial charge < -0.3 is 9.80 Å². The van der Waals surface area contributed by atoms with E-state index in [2.05, 4.69) is 24.8 Å². The summed E-state index contributed by atoms with van der Waals surface area (Å²) in [5.41, 5.74) is 1.82. The molecule has 120 valence electrons. The Kier molecular flexibility index (Phi) is 7.45. The van der Waals surface area contributed by atoms with Crippen LogP contribution in [0.15, 0.2) is 24.3 Å². The monoisotopic (exact) mass is 301 g/mol. The maximum Gasteiger partial charge on any atom is 0.253 e. The fraction of sp³-hybridized carbons (Fsp3) is 0.556. The molecule has 1 aromatic rings. The normalized spacial score (nSPS) is 11.6. The first-order valence-corrected chi connectivity index (χ1v) is 8.04. The Hall–Kier alpha value is -2.02. The molecule has 0 heterocycles. The number of carbonyl (C=O) groups is 1. The molecule has 1 aromatic carbocycles. The van der Waals surface area contributed by atoms with Crippen molar-refractivity contribution in [3.05, 3.63) is 29.8 Å². The molecule has 1 rings (SSSR count). The molecule has 22 heavy (non-hydrogen) atoms. The molecule has 1 atom stereocenters. The third kappa shape index (κ3) is 4.77. The number of anilines is 1. The summed E-state index contributed by atoms with van der Waals surface area (Å²) in [4.78, 5) is 16.3. The van der Waals surface area contributed by atoms with Crippen LogP contribution in [-0.4, -0.2) is 37.0 Å². The van der Waals surface area contributed by atoms with Crippen LogP contribution in [0.5, 0.6) is 0 Å². The number of amides is 1. The summed E-state index contributed by atoms with van der Waals surface area (Å²) in [6.07, 6.45) is 2.69. The third-order valence-corrected chi connectivity index (χ3v) is 4.01. The summed E-state index contributed by atoms with van der Waals surface area (Å²) in [5.74, 6) is -0.0362. The van der Waals surface area contributed by atoms with E-state index in [4.69, 9.17) is 5.26 Å². The Balaban J connectivity index is 2.79. The predicted octanol–water partition coefficient (Wildman–Crippen LogP) is 3.69. The largest absolute Gasteiger partial charge is 0.372 e. The molecule has 0 N–H and O–H groups in total. The van der Waals surface area contributed by atoms with Crippen LogP contribution in [0.4, 0.5) is 5.69 Å². The highest BCUT2D eigenvalue weighted by Crippen LogP contribution is 2.17. The number of unbranched alkanes of at least 4 members (excludes halogenated alkanes) is 1. The van der Waals surface area contributed by atoms with Crippen molar-refractivity contribution in [1.82, 2.24) is 4.90 Å². The zero-order valence-electron chi connectivity index (χ0n) is 14.2. The molecule has 0 aliphatic heterocycles. The van der Waals surface area contributed by atoms with Crippen molar-refractivity contribution < 1.29 is 4.79 Å². The van der Waals surface area contributed by atoms with Gasteiger partial charge in [0.2, 0.25) is 0 Å². The van der Waals surface area contributed by atoms with Crippen LogP contribution in [0, 0.1) is 11.3 Å². The van der Waals surface area contributed by atoms with Gasteiger partial charge >= 0.3 is 0 Å². The second-order valence-corrected chi connectivity index (χ2v) is 5.61. The van der Waals surface area contributed by atoms with Crippen molar-refractivity contribution in [2.75, 3.05) is 25.0 Å². The van der Waals surface area contributed by atoms with E-state index in [0.717, 1.165) is 18.8 Å². The van der Waals surface area contributed by atoms with Gasteiger partial charge in [-0.2, -0.15) is 5.26 Å². The van der Waals surface area contributed by atoms with Gasteiger partial charge in [-0.3, -0.25) is 4.79 Å². The van der Waals surface area contributed by atoms with Gasteiger partial charge in [-0.05, 0) is 44.5 Å². The first-order chi connectivity index (χ1) is 10.5. The number of nitriles is 1. The van der Waals surface area contributed by atoms with Crippen molar-refractivity contribution >= 4 is 11.6 Å². The Morgan fingerprint density at radius 2 is 1.91 bits per heavy atom. The number of carbonyl (C=O) groups excluding carboxylic acids is 1. The summed E-state index contributed by atoms with van der Waals surface area (Å²) in [7, 11) is 1.75. The maximum absolute atomic E-state index is 12.4. The lowest BCUT2D eigenvalue weighted by Crippen LogP contribution is -2.34. The van der Waals surface area contributed by atoms with Gasteiger partial charge in [-0.1, -0.05) is 13.3 Å². The van der Waals surface area contributed by atoms with E-state index in [1.807, 2.05) is 31.2 Å². The molecule has 4 nitrogen and oxygen atoms in total. The van der Waals surface area contributed by atoms with Gasteiger partial charge in [0.15, 0.2) is 0 Å². The Morgan fingerprint density at radius 1 is 1.27 bits per heavy atom. The summed E-state index contributed by atoms with van der Waals surface area (Å²) in [6.45, 7) is 8.23. The standard InChI is InChI=1S/C18H27N3O/c1-5-7-14-21(6-2)17-10-8-16(9-11-17)18(22)20(4)15(3)12-13-19/h8-11,15H,5-7,12,14H2,1-4H3. The lowest BCUT2D eigenvalue weighted by molar-refractivity contribution is 0.0746. The van der Waals surface area contributed by atoms with E-state index in [9.17, 15) is 4.79 Å². The molecule has 0 saturated heterocycles. The van der Waals surface area contributed by atoms with Crippen LogP contribution in [0.3, 0.4) is 0 Å². The van der Waals surface area contributed by atoms with Crippen molar-refractivity contribution in [2.24, 2.45) is 0 Å². The average molecular weight is 301 g/mol. The topological polar surface area (TPSA) is 47.3 Å². The summed E-state index contributed by atoms with van der Waals surface area (Å²) >= 11 is 0. The average Bonchev–Trinajstić information content (AvgIpc) is 2.55. The first-order valence-electron chi connectivity index (χ1n) is 8.04. The van der Waals surface area contributed by atoms with Crippen LogP contribution >= 0.6 is 0 Å². The lowest BCUT2D eigenvalue weighted by Gasteiger charge is -2.25. The lowest BCUT2D eigenvalue weighted by atomic mass is 10.1. The fourth-order valence-electron chi connectivity index (χ4n) is 2.31. The summed E-state index contributed by atoms with van der Waals surface area (Å²) < 4.78 is 0. The molecule has 0 saturated carbocycles. The molecule has 0 aliphatic carbocycles. The highest BCUT2D eigenvalue weighted by atomic mass is 16.2. The SMILES string of the molecule is CCCCN(CC)c1ccc(C(=O)N(C)C(C)CC#N)cc1. The van der Waals surface area contributed by atoms with Crippen LogP contribution in [-0.2, 0) is 0 Å². The Bertz CT molecular complexity index is 504. The summed E-state index contributed by atoms with van der Waals surface area (Å²) in [5, 5.41) is 8.74. The van der Waals surface area contributed by atoms with E-state index in [0.29, 0.717) is 12.0 Å². The second kappa shape index (κ2) is 9.09. The van der Waals surface area contributed by atoms with Gasteiger partial charge in [0.25, 0.3) is 5.91 Å². The van der Waals surface area contributed by atoms with Crippen molar-refractivity contribution in [3.8, 4) is 6.07 Å². The van der Waals surface area contributed by atoms with Crippen molar-refractivity contribution in [1.29, 1.82) is 5.26 Å². The molecule has 0 fully saturated rings. The van der Waals surface area contributed by atoms with Gasteiger partial charge in [0.05, 0.1) is 12.5 Å². The molecule has 0 spiro atoms. The van der Waals surface area contributed by atoms with Gasteiger partial charge in [-0.25, -0.2) is 0 Å². The number of nitrogens with zero attached hydrogens (tertiary/aromatic N) is 3. The van der Waals surface area contributed by atoms with Gasteiger partial charge in [-0.15, -0.1) is 0 Å². The Labute approximate surface area is 134 Å². The number of rotatable bonds is 8. The molecular formula is C18H27N3O. The van der Waals surface area contributed by atoms with Crippen LogP contribution in [0.2, 0.25) is 0 Å². The van der Waals surface area contributed by atoms with Crippen LogP contribution in [0.1, 0.15) is 50.4 Å². The van der Waals surface area contributed by atoms with Crippen molar-refractivity contribution in [3.63, 3.8) is 0 Å². The van der Waals surface area contributed by atoms with E-state index in [1.54, 1.807) is 11.9 Å². The zero-order chi connectivity index (χ0) is 16.5. The first kappa shape index (κ1) is 18.0. The highest BCUT2D eigenvalue weighted by molar-refractivity contribution is 5.94. The predicted molar refractivity (Wildman–Crippen MR) is 91.0 cm³/mol. The highest BCUT2D eigenvalue weighted by Gasteiger charge is 2.17.